The van der Waals surface area contributed by atoms with Crippen LogP contribution in [0.3, 0.4) is 0 Å². The van der Waals surface area contributed by atoms with E-state index < -0.39 is 0 Å². The van der Waals surface area contributed by atoms with Crippen molar-refractivity contribution in [2.24, 2.45) is 0 Å². The molecule has 0 aromatic carbocycles. The van der Waals surface area contributed by atoms with E-state index >= 15 is 0 Å². The maximum absolute atomic E-state index is 5.10. The second kappa shape index (κ2) is 4.06. The first-order valence-corrected chi connectivity index (χ1v) is 4.45. The van der Waals surface area contributed by atoms with Gasteiger partial charge in [-0.25, -0.2) is 4.98 Å². The molecule has 0 bridgehead atoms. The molecule has 5 nitrogen and oxygen atoms in total. The molecule has 0 amide bonds. The van der Waals surface area contributed by atoms with Gasteiger partial charge in [0.2, 0.25) is 0 Å². The first-order valence-electron chi connectivity index (χ1n) is 4.45. The third kappa shape index (κ3) is 2.00. The van der Waals surface area contributed by atoms with Gasteiger partial charge in [-0.3, -0.25) is 5.10 Å². The lowest BCUT2D eigenvalue weighted by Crippen LogP contribution is -2.17. The van der Waals surface area contributed by atoms with E-state index in [9.17, 15) is 0 Å². The van der Waals surface area contributed by atoms with Crippen molar-refractivity contribution in [1.82, 2.24) is 20.5 Å². The summed E-state index contributed by atoms with van der Waals surface area (Å²) in [6, 6.07) is 0.249. The Morgan fingerprint density at radius 1 is 1.57 bits per heavy atom. The zero-order valence-electron chi connectivity index (χ0n) is 7.90. The van der Waals surface area contributed by atoms with Gasteiger partial charge in [-0.1, -0.05) is 0 Å². The molecule has 2 heterocycles. The van der Waals surface area contributed by atoms with E-state index in [0.717, 1.165) is 11.3 Å². The monoisotopic (exact) mass is 192 g/mol. The summed E-state index contributed by atoms with van der Waals surface area (Å²) in [5.41, 5.74) is 1.13. The molecule has 74 valence electrons. The largest absolute Gasteiger partial charge is 0.447 e. The molecular formula is C9H12N4O. The Kier molecular flexibility index (Phi) is 2.60. The molecule has 14 heavy (non-hydrogen) atoms. The van der Waals surface area contributed by atoms with Crippen LogP contribution in [-0.2, 0) is 6.54 Å². The lowest BCUT2D eigenvalue weighted by molar-refractivity contribution is 0.458. The quantitative estimate of drug-likeness (QED) is 0.765. The highest BCUT2D eigenvalue weighted by atomic mass is 16.3. The fourth-order valence-electron chi connectivity index (χ4n) is 1.20. The smallest absolute Gasteiger partial charge is 0.180 e. The van der Waals surface area contributed by atoms with Gasteiger partial charge in [-0.2, -0.15) is 5.10 Å². The van der Waals surface area contributed by atoms with E-state index in [2.05, 4.69) is 27.4 Å². The SMILES string of the molecule is CC(NCc1cnco1)c1cn[nH]c1. The molecule has 0 saturated carbocycles. The van der Waals surface area contributed by atoms with E-state index in [0.29, 0.717) is 6.54 Å². The first-order chi connectivity index (χ1) is 6.86. The molecule has 0 spiro atoms. The minimum Gasteiger partial charge on any atom is -0.447 e. The van der Waals surface area contributed by atoms with Crippen molar-refractivity contribution in [3.63, 3.8) is 0 Å². The molecule has 0 aliphatic heterocycles. The van der Waals surface area contributed by atoms with Gasteiger partial charge < -0.3 is 9.73 Å². The molecule has 0 aliphatic rings. The standard InChI is InChI=1S/C9H12N4O/c1-7(8-2-12-13-3-8)11-5-9-4-10-6-14-9/h2-4,6-7,11H,5H2,1H3,(H,12,13). The average molecular weight is 192 g/mol. The van der Waals surface area contributed by atoms with Crippen LogP contribution in [0.5, 0.6) is 0 Å². The highest BCUT2D eigenvalue weighted by Crippen LogP contribution is 2.09. The Labute approximate surface area is 81.5 Å². The Hall–Kier alpha value is -1.62. The number of nitrogens with zero attached hydrogens (tertiary/aromatic N) is 2. The summed E-state index contributed by atoms with van der Waals surface area (Å²) < 4.78 is 5.10. The van der Waals surface area contributed by atoms with E-state index in [-0.39, 0.29) is 6.04 Å². The van der Waals surface area contributed by atoms with Crippen molar-refractivity contribution in [2.45, 2.75) is 19.5 Å². The molecule has 5 heteroatoms. The van der Waals surface area contributed by atoms with Crippen LogP contribution in [0, 0.1) is 0 Å². The van der Waals surface area contributed by atoms with Crippen LogP contribution >= 0.6 is 0 Å². The van der Waals surface area contributed by atoms with Crippen LogP contribution in [-0.4, -0.2) is 15.2 Å². The molecule has 1 unspecified atom stereocenters. The summed E-state index contributed by atoms with van der Waals surface area (Å²) in [6.07, 6.45) is 6.81. The topological polar surface area (TPSA) is 66.7 Å². The predicted octanol–water partition coefficient (Wildman–Crippen LogP) is 1.25. The van der Waals surface area contributed by atoms with Gasteiger partial charge in [-0.15, -0.1) is 0 Å². The maximum atomic E-state index is 5.10. The zero-order chi connectivity index (χ0) is 9.80. The number of rotatable bonds is 4. The van der Waals surface area contributed by atoms with Crippen molar-refractivity contribution < 1.29 is 4.42 Å². The predicted molar refractivity (Wildman–Crippen MR) is 50.3 cm³/mol. The highest BCUT2D eigenvalue weighted by Gasteiger charge is 2.06. The summed E-state index contributed by atoms with van der Waals surface area (Å²) in [7, 11) is 0. The van der Waals surface area contributed by atoms with Crippen LogP contribution in [0.4, 0.5) is 0 Å². The van der Waals surface area contributed by atoms with Crippen molar-refractivity contribution in [2.75, 3.05) is 0 Å². The van der Waals surface area contributed by atoms with Gasteiger partial charge >= 0.3 is 0 Å². The van der Waals surface area contributed by atoms with Gasteiger partial charge in [-0.05, 0) is 6.92 Å². The summed E-state index contributed by atoms with van der Waals surface area (Å²) in [6.45, 7) is 2.74. The molecular weight excluding hydrogens is 180 g/mol. The number of H-pyrrole nitrogens is 1. The zero-order valence-corrected chi connectivity index (χ0v) is 7.90. The van der Waals surface area contributed by atoms with Crippen LogP contribution < -0.4 is 5.32 Å². The second-order valence-electron chi connectivity index (χ2n) is 3.10. The number of hydrogen-bond acceptors (Lipinski definition) is 4. The maximum Gasteiger partial charge on any atom is 0.180 e. The lowest BCUT2D eigenvalue weighted by atomic mass is 10.2. The Bertz CT molecular complexity index is 354. The summed E-state index contributed by atoms with van der Waals surface area (Å²) in [5, 5.41) is 9.96. The average Bonchev–Trinajstić information content (AvgIpc) is 2.87. The Morgan fingerprint density at radius 2 is 2.50 bits per heavy atom. The van der Waals surface area contributed by atoms with Crippen molar-refractivity contribution in [1.29, 1.82) is 0 Å². The highest BCUT2D eigenvalue weighted by molar-refractivity contribution is 5.08. The van der Waals surface area contributed by atoms with Gasteiger partial charge in [0.25, 0.3) is 0 Å². The summed E-state index contributed by atoms with van der Waals surface area (Å²) in [4.78, 5) is 3.84. The minimum absolute atomic E-state index is 0.249. The normalized spacial score (nSPS) is 12.9. The third-order valence-corrected chi connectivity index (χ3v) is 2.09. The van der Waals surface area contributed by atoms with Crippen LogP contribution in [0.2, 0.25) is 0 Å². The lowest BCUT2D eigenvalue weighted by Gasteiger charge is -2.09. The van der Waals surface area contributed by atoms with E-state index in [1.807, 2.05) is 6.20 Å². The first kappa shape index (κ1) is 8.96. The molecule has 0 radical (unpaired) electrons. The van der Waals surface area contributed by atoms with E-state index in [1.54, 1.807) is 12.4 Å². The molecule has 0 aliphatic carbocycles. The number of aromatic amines is 1. The molecule has 0 fully saturated rings. The molecule has 1 atom stereocenters. The fourth-order valence-corrected chi connectivity index (χ4v) is 1.20. The second-order valence-corrected chi connectivity index (χ2v) is 3.10. The molecule has 2 aromatic rings. The minimum atomic E-state index is 0.249. The van der Waals surface area contributed by atoms with Gasteiger partial charge in [0.15, 0.2) is 6.39 Å². The van der Waals surface area contributed by atoms with Crippen molar-refractivity contribution in [3.8, 4) is 0 Å². The van der Waals surface area contributed by atoms with Crippen LogP contribution in [0.1, 0.15) is 24.3 Å². The molecule has 0 saturated heterocycles. The van der Waals surface area contributed by atoms with Gasteiger partial charge in [0.1, 0.15) is 5.76 Å². The molecule has 2 N–H and O–H groups in total. The fraction of sp³-hybridized carbons (Fsp3) is 0.333. The molecule has 2 aromatic heterocycles. The van der Waals surface area contributed by atoms with Gasteiger partial charge in [0, 0.05) is 17.8 Å². The van der Waals surface area contributed by atoms with Crippen molar-refractivity contribution in [3.05, 3.63) is 36.3 Å². The van der Waals surface area contributed by atoms with Gasteiger partial charge in [0.05, 0.1) is 18.9 Å². The number of nitrogens with one attached hydrogen (secondary N) is 2. The summed E-state index contributed by atoms with van der Waals surface area (Å²) >= 11 is 0. The van der Waals surface area contributed by atoms with Crippen molar-refractivity contribution >= 4 is 0 Å². The van der Waals surface area contributed by atoms with Crippen LogP contribution in [0.25, 0.3) is 0 Å². The number of oxazole rings is 1. The van der Waals surface area contributed by atoms with E-state index in [1.165, 1.54) is 6.39 Å². The number of hydrogen-bond donors (Lipinski definition) is 2. The molecule has 2 rings (SSSR count). The Balaban J connectivity index is 1.87. The third-order valence-electron chi connectivity index (χ3n) is 2.09. The number of aromatic nitrogens is 3. The Morgan fingerprint density at radius 3 is 3.14 bits per heavy atom. The van der Waals surface area contributed by atoms with E-state index in [4.69, 9.17) is 4.42 Å². The van der Waals surface area contributed by atoms with Crippen LogP contribution in [0.15, 0.2) is 29.4 Å². The summed E-state index contributed by atoms with van der Waals surface area (Å²) in [5.74, 6) is 0.834.